The van der Waals surface area contributed by atoms with Crippen LogP contribution in [0.1, 0.15) is 39.5 Å². The van der Waals surface area contributed by atoms with Gasteiger partial charge in [-0.1, -0.05) is 26.7 Å². The molecule has 0 aromatic heterocycles. The Morgan fingerprint density at radius 2 is 1.86 bits per heavy atom. The zero-order valence-electron chi connectivity index (χ0n) is 9.88. The Kier molecular flexibility index (Phi) is 5.95. The van der Waals surface area contributed by atoms with E-state index in [1.165, 1.54) is 37.2 Å². The smallest absolute Gasteiger partial charge is 0.0183 e. The first kappa shape index (κ1) is 12.4. The lowest BCUT2D eigenvalue weighted by atomic mass is 10.0. The molecule has 1 fully saturated rings. The second-order valence-corrected chi connectivity index (χ2v) is 5.95. The fraction of sp³-hybridized carbons (Fsp3) is 1.00. The molecule has 1 atom stereocenters. The normalized spacial score (nSPS) is 20.6. The summed E-state index contributed by atoms with van der Waals surface area (Å²) in [6.45, 7) is 4.61. The Morgan fingerprint density at radius 3 is 2.36 bits per heavy atom. The summed E-state index contributed by atoms with van der Waals surface area (Å²) < 4.78 is 0. The minimum atomic E-state index is 0.765. The molecule has 0 radical (unpaired) electrons. The highest BCUT2D eigenvalue weighted by molar-refractivity contribution is 7.99. The highest BCUT2D eigenvalue weighted by Crippen LogP contribution is 2.29. The maximum atomic E-state index is 3.50. The molecule has 1 rings (SSSR count). The molecule has 1 unspecified atom stereocenters. The number of hydrogen-bond acceptors (Lipinski definition) is 2. The van der Waals surface area contributed by atoms with Crippen LogP contribution in [0.25, 0.3) is 0 Å². The van der Waals surface area contributed by atoms with Crippen LogP contribution in [-0.2, 0) is 0 Å². The first-order valence-corrected chi connectivity index (χ1v) is 7.14. The van der Waals surface area contributed by atoms with Gasteiger partial charge in [0.05, 0.1) is 0 Å². The second kappa shape index (κ2) is 6.73. The molecule has 1 aliphatic rings. The molecule has 84 valence electrons. The average Bonchev–Trinajstić information content (AvgIpc) is 2.64. The van der Waals surface area contributed by atoms with Crippen molar-refractivity contribution in [2.24, 2.45) is 11.8 Å². The number of thioether (sulfide) groups is 1. The minimum Gasteiger partial charge on any atom is -0.316 e. The van der Waals surface area contributed by atoms with Crippen molar-refractivity contribution < 1.29 is 0 Å². The largest absolute Gasteiger partial charge is 0.316 e. The SMILES string of the molecule is CNC(CSCC(C)C)C1CCCC1. The first-order chi connectivity index (χ1) is 6.74. The van der Waals surface area contributed by atoms with E-state index in [2.05, 4.69) is 38.0 Å². The summed E-state index contributed by atoms with van der Waals surface area (Å²) in [6.07, 6.45) is 5.82. The molecule has 1 aliphatic carbocycles. The topological polar surface area (TPSA) is 12.0 Å². The molecule has 1 N–H and O–H groups in total. The van der Waals surface area contributed by atoms with Crippen molar-refractivity contribution >= 4 is 11.8 Å². The summed E-state index contributed by atoms with van der Waals surface area (Å²) in [7, 11) is 2.12. The van der Waals surface area contributed by atoms with Gasteiger partial charge >= 0.3 is 0 Å². The van der Waals surface area contributed by atoms with Crippen molar-refractivity contribution in [1.29, 1.82) is 0 Å². The quantitative estimate of drug-likeness (QED) is 0.730. The van der Waals surface area contributed by atoms with Gasteiger partial charge in [-0.2, -0.15) is 11.8 Å². The molecule has 0 aromatic carbocycles. The lowest BCUT2D eigenvalue weighted by Crippen LogP contribution is -2.34. The molecule has 0 aliphatic heterocycles. The van der Waals surface area contributed by atoms with Crippen molar-refractivity contribution in [3.8, 4) is 0 Å². The van der Waals surface area contributed by atoms with Crippen LogP contribution in [0.5, 0.6) is 0 Å². The zero-order valence-corrected chi connectivity index (χ0v) is 10.7. The van der Waals surface area contributed by atoms with Crippen LogP contribution in [0.15, 0.2) is 0 Å². The van der Waals surface area contributed by atoms with E-state index in [0.29, 0.717) is 0 Å². The van der Waals surface area contributed by atoms with Crippen LogP contribution < -0.4 is 5.32 Å². The summed E-state index contributed by atoms with van der Waals surface area (Å²) in [5.74, 6) is 4.41. The molecule has 0 bridgehead atoms. The fourth-order valence-corrected chi connectivity index (χ4v) is 3.55. The van der Waals surface area contributed by atoms with Gasteiger partial charge in [0.15, 0.2) is 0 Å². The zero-order chi connectivity index (χ0) is 10.4. The molecule has 2 heteroatoms. The van der Waals surface area contributed by atoms with Crippen molar-refractivity contribution in [3.05, 3.63) is 0 Å². The Morgan fingerprint density at radius 1 is 1.21 bits per heavy atom. The maximum absolute atomic E-state index is 3.50. The fourth-order valence-electron chi connectivity index (χ4n) is 2.25. The maximum Gasteiger partial charge on any atom is 0.0183 e. The predicted molar refractivity (Wildman–Crippen MR) is 67.0 cm³/mol. The lowest BCUT2D eigenvalue weighted by molar-refractivity contribution is 0.410. The molecular formula is C12H25NS. The molecule has 0 heterocycles. The van der Waals surface area contributed by atoms with E-state index in [1.54, 1.807) is 0 Å². The summed E-state index contributed by atoms with van der Waals surface area (Å²) >= 11 is 2.12. The van der Waals surface area contributed by atoms with Gasteiger partial charge in [0.1, 0.15) is 0 Å². The molecule has 14 heavy (non-hydrogen) atoms. The number of hydrogen-bond donors (Lipinski definition) is 1. The van der Waals surface area contributed by atoms with Gasteiger partial charge < -0.3 is 5.32 Å². The summed E-state index contributed by atoms with van der Waals surface area (Å²) in [6, 6.07) is 0.765. The van der Waals surface area contributed by atoms with Crippen LogP contribution in [0.3, 0.4) is 0 Å². The molecular weight excluding hydrogens is 190 g/mol. The van der Waals surface area contributed by atoms with Crippen LogP contribution in [0, 0.1) is 11.8 Å². The summed E-state index contributed by atoms with van der Waals surface area (Å²) in [5.41, 5.74) is 0. The van der Waals surface area contributed by atoms with E-state index in [0.717, 1.165) is 17.9 Å². The van der Waals surface area contributed by atoms with Crippen molar-refractivity contribution in [1.82, 2.24) is 5.32 Å². The summed E-state index contributed by atoms with van der Waals surface area (Å²) in [5, 5.41) is 3.50. The monoisotopic (exact) mass is 215 g/mol. The Balaban J connectivity index is 2.17. The van der Waals surface area contributed by atoms with Gasteiger partial charge in [-0.05, 0) is 37.5 Å². The Hall–Kier alpha value is 0.310. The minimum absolute atomic E-state index is 0.765. The van der Waals surface area contributed by atoms with Gasteiger partial charge in [-0.3, -0.25) is 0 Å². The molecule has 0 amide bonds. The van der Waals surface area contributed by atoms with E-state index in [1.807, 2.05) is 0 Å². The Labute approximate surface area is 93.4 Å². The predicted octanol–water partition coefficient (Wildman–Crippen LogP) is 3.15. The summed E-state index contributed by atoms with van der Waals surface area (Å²) in [4.78, 5) is 0. The molecule has 0 aromatic rings. The van der Waals surface area contributed by atoms with E-state index >= 15 is 0 Å². The van der Waals surface area contributed by atoms with E-state index < -0.39 is 0 Å². The lowest BCUT2D eigenvalue weighted by Gasteiger charge is -2.22. The third-order valence-electron chi connectivity index (χ3n) is 3.09. The van der Waals surface area contributed by atoms with Gasteiger partial charge in [-0.25, -0.2) is 0 Å². The standard InChI is InChI=1S/C12H25NS/c1-10(2)8-14-9-12(13-3)11-6-4-5-7-11/h10-13H,4-9H2,1-3H3. The van der Waals surface area contributed by atoms with Gasteiger partial charge in [0.25, 0.3) is 0 Å². The van der Waals surface area contributed by atoms with E-state index in [9.17, 15) is 0 Å². The molecule has 0 spiro atoms. The van der Waals surface area contributed by atoms with Crippen LogP contribution in [0.2, 0.25) is 0 Å². The third-order valence-corrected chi connectivity index (χ3v) is 4.59. The van der Waals surface area contributed by atoms with Gasteiger partial charge in [-0.15, -0.1) is 0 Å². The van der Waals surface area contributed by atoms with Crippen molar-refractivity contribution in [3.63, 3.8) is 0 Å². The van der Waals surface area contributed by atoms with Crippen molar-refractivity contribution in [2.75, 3.05) is 18.6 Å². The van der Waals surface area contributed by atoms with Gasteiger partial charge in [0, 0.05) is 11.8 Å². The number of nitrogens with one attached hydrogen (secondary N) is 1. The molecule has 1 saturated carbocycles. The second-order valence-electron chi connectivity index (χ2n) is 4.87. The van der Waals surface area contributed by atoms with Crippen LogP contribution in [0.4, 0.5) is 0 Å². The van der Waals surface area contributed by atoms with Crippen molar-refractivity contribution in [2.45, 2.75) is 45.6 Å². The van der Waals surface area contributed by atoms with Crippen LogP contribution in [-0.4, -0.2) is 24.6 Å². The van der Waals surface area contributed by atoms with Gasteiger partial charge in [0.2, 0.25) is 0 Å². The molecule has 1 nitrogen and oxygen atoms in total. The number of rotatable bonds is 6. The highest BCUT2D eigenvalue weighted by Gasteiger charge is 2.23. The first-order valence-electron chi connectivity index (χ1n) is 5.99. The van der Waals surface area contributed by atoms with E-state index in [4.69, 9.17) is 0 Å². The average molecular weight is 215 g/mol. The highest BCUT2D eigenvalue weighted by atomic mass is 32.2. The molecule has 0 saturated heterocycles. The van der Waals surface area contributed by atoms with Crippen LogP contribution >= 0.6 is 11.8 Å². The third kappa shape index (κ3) is 4.22. The Bertz CT molecular complexity index is 141. The van der Waals surface area contributed by atoms with E-state index in [-0.39, 0.29) is 0 Å².